The molecule has 3 nitrogen and oxygen atoms in total. The van der Waals surface area contributed by atoms with Gasteiger partial charge < -0.3 is 4.18 Å². The van der Waals surface area contributed by atoms with Gasteiger partial charge in [0.2, 0.25) is 0 Å². The normalized spacial score (nSPS) is 17.1. The second kappa shape index (κ2) is 6.59. The highest BCUT2D eigenvalue weighted by atomic mass is 35.5. The van der Waals surface area contributed by atoms with E-state index in [1.165, 1.54) is 29.8 Å². The number of benzene rings is 2. The third kappa shape index (κ3) is 3.82. The molecule has 0 saturated carbocycles. The van der Waals surface area contributed by atoms with Crippen LogP contribution in [-0.2, 0) is 14.2 Å². The molecule has 1 fully saturated rings. The molecular weight excluding hydrogens is 372 g/mol. The van der Waals surface area contributed by atoms with Crippen LogP contribution < -0.4 is 4.18 Å². The van der Waals surface area contributed by atoms with Crippen molar-refractivity contribution in [2.75, 3.05) is 11.5 Å². The molecule has 1 heterocycles. The third-order valence-corrected chi connectivity index (χ3v) is 8.39. The second-order valence-electron chi connectivity index (χ2n) is 5.16. The van der Waals surface area contributed by atoms with Crippen molar-refractivity contribution in [3.63, 3.8) is 0 Å². The first-order valence-electron chi connectivity index (χ1n) is 6.98. The van der Waals surface area contributed by atoms with Gasteiger partial charge in [-0.15, -0.1) is 23.5 Å². The Kier molecular flexibility index (Phi) is 4.88. The van der Waals surface area contributed by atoms with Crippen LogP contribution >= 0.6 is 35.1 Å². The molecule has 0 unspecified atom stereocenters. The monoisotopic (exact) mass is 386 g/mol. The first-order valence-corrected chi connectivity index (χ1v) is 10.7. The van der Waals surface area contributed by atoms with Crippen LogP contribution in [0.1, 0.15) is 12.5 Å². The van der Waals surface area contributed by atoms with Crippen molar-refractivity contribution < 1.29 is 12.6 Å². The van der Waals surface area contributed by atoms with Crippen LogP contribution in [0.25, 0.3) is 0 Å². The van der Waals surface area contributed by atoms with Crippen molar-refractivity contribution >= 4 is 45.2 Å². The molecule has 23 heavy (non-hydrogen) atoms. The molecule has 0 N–H and O–H groups in total. The quantitative estimate of drug-likeness (QED) is 0.708. The van der Waals surface area contributed by atoms with Gasteiger partial charge in [0.1, 0.15) is 10.6 Å². The van der Waals surface area contributed by atoms with Crippen LogP contribution in [0.2, 0.25) is 5.02 Å². The van der Waals surface area contributed by atoms with E-state index in [2.05, 4.69) is 6.92 Å². The molecule has 0 atom stereocenters. The van der Waals surface area contributed by atoms with E-state index in [1.54, 1.807) is 12.1 Å². The molecule has 3 rings (SSSR count). The second-order valence-corrected chi connectivity index (χ2v) is 10.4. The molecule has 2 aromatic carbocycles. The smallest absolute Gasteiger partial charge is 0.339 e. The Labute approximate surface area is 149 Å². The molecule has 7 heteroatoms. The van der Waals surface area contributed by atoms with Gasteiger partial charge in [0.25, 0.3) is 0 Å². The number of hydrogen-bond acceptors (Lipinski definition) is 5. The van der Waals surface area contributed by atoms with E-state index in [0.717, 1.165) is 11.5 Å². The summed E-state index contributed by atoms with van der Waals surface area (Å²) >= 11 is 9.59. The largest absolute Gasteiger partial charge is 0.379 e. The summed E-state index contributed by atoms with van der Waals surface area (Å²) in [6.07, 6.45) is 0. The van der Waals surface area contributed by atoms with Crippen LogP contribution in [0.3, 0.4) is 0 Å². The Morgan fingerprint density at radius 3 is 2.13 bits per heavy atom. The van der Waals surface area contributed by atoms with E-state index in [0.29, 0.717) is 10.8 Å². The lowest BCUT2D eigenvalue weighted by molar-refractivity contribution is 0.486. The molecule has 0 aliphatic carbocycles. The fraction of sp³-hybridized carbons (Fsp3) is 0.250. The van der Waals surface area contributed by atoms with Crippen molar-refractivity contribution in [3.8, 4) is 5.75 Å². The minimum Gasteiger partial charge on any atom is -0.379 e. The van der Waals surface area contributed by atoms with Crippen molar-refractivity contribution in [1.29, 1.82) is 0 Å². The highest BCUT2D eigenvalue weighted by molar-refractivity contribution is 8.20. The van der Waals surface area contributed by atoms with E-state index in [1.807, 2.05) is 35.7 Å². The lowest BCUT2D eigenvalue weighted by atomic mass is 10.1. The highest BCUT2D eigenvalue weighted by Crippen LogP contribution is 2.51. The van der Waals surface area contributed by atoms with E-state index in [4.69, 9.17) is 15.8 Å². The van der Waals surface area contributed by atoms with Crippen molar-refractivity contribution in [1.82, 2.24) is 0 Å². The lowest BCUT2D eigenvalue weighted by Crippen LogP contribution is -2.11. The lowest BCUT2D eigenvalue weighted by Gasteiger charge is -2.22. The van der Waals surface area contributed by atoms with Gasteiger partial charge >= 0.3 is 10.1 Å². The Morgan fingerprint density at radius 1 is 1.00 bits per heavy atom. The van der Waals surface area contributed by atoms with Crippen molar-refractivity contribution in [3.05, 3.63) is 59.1 Å². The zero-order valence-electron chi connectivity index (χ0n) is 12.4. The topological polar surface area (TPSA) is 43.4 Å². The molecule has 122 valence electrons. The molecule has 2 aromatic rings. The van der Waals surface area contributed by atoms with Crippen LogP contribution in [0.15, 0.2) is 53.4 Å². The van der Waals surface area contributed by atoms with E-state index in [9.17, 15) is 8.42 Å². The Hall–Kier alpha value is -0.820. The van der Waals surface area contributed by atoms with Gasteiger partial charge in [0, 0.05) is 16.5 Å². The molecule has 1 aliphatic rings. The highest BCUT2D eigenvalue weighted by Gasteiger charge is 2.32. The van der Waals surface area contributed by atoms with Gasteiger partial charge in [0.05, 0.1) is 4.08 Å². The van der Waals surface area contributed by atoms with Gasteiger partial charge in [-0.1, -0.05) is 23.7 Å². The first-order chi connectivity index (χ1) is 10.9. The SMILES string of the molecule is CC1(c2ccc(OS(=O)(=O)c3ccc(Cl)cc3)cc2)SCCS1. The van der Waals surface area contributed by atoms with Gasteiger partial charge in [-0.05, 0) is 48.9 Å². The molecule has 0 radical (unpaired) electrons. The minimum absolute atomic E-state index is 0.0353. The molecule has 1 saturated heterocycles. The number of thioether (sulfide) groups is 2. The minimum atomic E-state index is -3.85. The molecule has 0 spiro atoms. The van der Waals surface area contributed by atoms with Gasteiger partial charge in [-0.2, -0.15) is 8.42 Å². The summed E-state index contributed by atoms with van der Waals surface area (Å²) in [4.78, 5) is 0.0832. The van der Waals surface area contributed by atoms with E-state index < -0.39 is 10.1 Å². The summed E-state index contributed by atoms with van der Waals surface area (Å²) in [5, 5.41) is 0.480. The summed E-state index contributed by atoms with van der Waals surface area (Å²) in [6.45, 7) is 2.19. The number of rotatable bonds is 4. The average molecular weight is 387 g/mol. The standard InChI is InChI=1S/C16H15ClO3S3/c1-16(21-10-11-22-16)12-2-6-14(7-3-12)20-23(18,19)15-8-4-13(17)5-9-15/h2-9H,10-11H2,1H3. The van der Waals surface area contributed by atoms with Gasteiger partial charge in [-0.25, -0.2) is 0 Å². The summed E-state index contributed by atoms with van der Waals surface area (Å²) < 4.78 is 29.7. The first kappa shape index (κ1) is 17.0. The maximum Gasteiger partial charge on any atom is 0.339 e. The van der Waals surface area contributed by atoms with Crippen LogP contribution in [0.4, 0.5) is 0 Å². The zero-order chi connectivity index (χ0) is 16.5. The molecule has 0 bridgehead atoms. The van der Waals surface area contributed by atoms with Crippen LogP contribution in [0, 0.1) is 0 Å². The van der Waals surface area contributed by atoms with Gasteiger partial charge in [0.15, 0.2) is 0 Å². The summed E-state index contributed by atoms with van der Waals surface area (Å²) in [5.41, 5.74) is 1.17. The third-order valence-electron chi connectivity index (χ3n) is 3.53. The fourth-order valence-electron chi connectivity index (χ4n) is 2.27. The average Bonchev–Trinajstić information content (AvgIpc) is 2.96. The maximum absolute atomic E-state index is 12.2. The zero-order valence-corrected chi connectivity index (χ0v) is 15.6. The summed E-state index contributed by atoms with van der Waals surface area (Å²) in [6, 6.07) is 13.2. The molecular formula is C16H15ClO3S3. The molecule has 0 aromatic heterocycles. The molecule has 0 amide bonds. The van der Waals surface area contributed by atoms with Crippen molar-refractivity contribution in [2.45, 2.75) is 15.9 Å². The number of halogens is 1. The summed E-state index contributed by atoms with van der Waals surface area (Å²) in [7, 11) is -3.85. The van der Waals surface area contributed by atoms with Crippen LogP contribution in [0.5, 0.6) is 5.75 Å². The predicted octanol–water partition coefficient (Wildman–Crippen LogP) is 4.76. The maximum atomic E-state index is 12.2. The number of hydrogen-bond donors (Lipinski definition) is 0. The Balaban J connectivity index is 1.79. The van der Waals surface area contributed by atoms with E-state index in [-0.39, 0.29) is 8.97 Å². The fourth-order valence-corrected chi connectivity index (χ4v) is 6.21. The van der Waals surface area contributed by atoms with Crippen LogP contribution in [-0.4, -0.2) is 19.9 Å². The molecule has 1 aliphatic heterocycles. The Morgan fingerprint density at radius 2 is 1.57 bits per heavy atom. The van der Waals surface area contributed by atoms with E-state index >= 15 is 0 Å². The van der Waals surface area contributed by atoms with Crippen molar-refractivity contribution in [2.24, 2.45) is 0 Å². The Bertz CT molecular complexity index is 780. The summed E-state index contributed by atoms with van der Waals surface area (Å²) in [5.74, 6) is 2.56. The van der Waals surface area contributed by atoms with Gasteiger partial charge in [-0.3, -0.25) is 0 Å². The predicted molar refractivity (Wildman–Crippen MR) is 98.0 cm³/mol.